The van der Waals surface area contributed by atoms with Crippen LogP contribution < -0.4 is 4.74 Å². The second-order valence-corrected chi connectivity index (χ2v) is 12.3. The van der Waals surface area contributed by atoms with Crippen LogP contribution >= 0.6 is 11.3 Å². The van der Waals surface area contributed by atoms with Crippen molar-refractivity contribution in [3.05, 3.63) is 53.6 Å². The summed E-state index contributed by atoms with van der Waals surface area (Å²) < 4.78 is 34.8. The number of para-hydroxylation sites is 1. The molecule has 0 spiro atoms. The summed E-state index contributed by atoms with van der Waals surface area (Å²) in [6.07, 6.45) is 5.44. The lowest BCUT2D eigenvalue weighted by molar-refractivity contribution is 0.0595. The van der Waals surface area contributed by atoms with Crippen molar-refractivity contribution in [2.75, 3.05) is 26.2 Å². The van der Waals surface area contributed by atoms with Gasteiger partial charge in [-0.2, -0.15) is 4.31 Å². The molecule has 2 fully saturated rings. The summed E-state index contributed by atoms with van der Waals surface area (Å²) in [6, 6.07) is 12.5. The number of hydrogen-bond acceptors (Lipinski definition) is 6. The number of nitrogens with zero attached hydrogens (tertiary/aromatic N) is 3. The molecule has 3 aromatic rings. The fraction of sp³-hybridized carbons (Fsp3) is 0.462. The third kappa shape index (κ3) is 5.22. The van der Waals surface area contributed by atoms with Gasteiger partial charge in [0.05, 0.1) is 15.1 Å². The van der Waals surface area contributed by atoms with Gasteiger partial charge in [-0.1, -0.05) is 36.3 Å². The Balaban J connectivity index is 1.18. The molecular weight excluding hydrogens is 482 g/mol. The Hall–Kier alpha value is -2.49. The quantitative estimate of drug-likeness (QED) is 0.487. The molecule has 1 amide bonds. The highest BCUT2D eigenvalue weighted by Crippen LogP contribution is 2.31. The molecule has 7 nitrogen and oxygen atoms in total. The Morgan fingerprint density at radius 3 is 2.31 bits per heavy atom. The lowest BCUT2D eigenvalue weighted by Gasteiger charge is -2.31. The Kier molecular flexibility index (Phi) is 7.09. The molecule has 9 heteroatoms. The molecule has 2 aromatic carbocycles. The van der Waals surface area contributed by atoms with E-state index in [1.54, 1.807) is 39.9 Å². The van der Waals surface area contributed by atoms with E-state index in [1.807, 2.05) is 24.0 Å². The Bertz CT molecular complexity index is 1290. The van der Waals surface area contributed by atoms with Gasteiger partial charge in [-0.3, -0.25) is 4.79 Å². The number of carbonyl (C=O) groups is 1. The summed E-state index contributed by atoms with van der Waals surface area (Å²) in [5.74, 6) is -0.0715. The number of amides is 1. The summed E-state index contributed by atoms with van der Waals surface area (Å²) in [6.45, 7) is 4.38. The minimum absolute atomic E-state index is 0.0288. The SMILES string of the molecule is Cc1cccc2sc(OC3CCN(C(=O)c4ccc(S(=O)(=O)N5CCCCCC5)cc4)CC3)nc12. The van der Waals surface area contributed by atoms with Crippen molar-refractivity contribution >= 4 is 37.5 Å². The van der Waals surface area contributed by atoms with Crippen molar-refractivity contribution in [1.29, 1.82) is 0 Å². The first kappa shape index (κ1) is 24.2. The molecule has 2 aliphatic heterocycles. The highest BCUT2D eigenvalue weighted by Gasteiger charge is 2.28. The van der Waals surface area contributed by atoms with Crippen LogP contribution in [-0.2, 0) is 10.0 Å². The monoisotopic (exact) mass is 513 g/mol. The topological polar surface area (TPSA) is 79.8 Å². The zero-order valence-electron chi connectivity index (χ0n) is 20.0. The Morgan fingerprint density at radius 1 is 0.971 bits per heavy atom. The number of thiazole rings is 1. The maximum Gasteiger partial charge on any atom is 0.274 e. The van der Waals surface area contributed by atoms with E-state index in [1.165, 1.54) is 0 Å². The average molecular weight is 514 g/mol. The second-order valence-electron chi connectivity index (χ2n) is 9.35. The Labute approximate surface area is 210 Å². The van der Waals surface area contributed by atoms with E-state index in [0.717, 1.165) is 54.3 Å². The van der Waals surface area contributed by atoms with Crippen LogP contribution in [-0.4, -0.2) is 60.8 Å². The van der Waals surface area contributed by atoms with Crippen molar-refractivity contribution in [3.63, 3.8) is 0 Å². The van der Waals surface area contributed by atoms with E-state index in [4.69, 9.17) is 4.74 Å². The molecule has 5 rings (SSSR count). The highest BCUT2D eigenvalue weighted by molar-refractivity contribution is 7.89. The summed E-state index contributed by atoms with van der Waals surface area (Å²) >= 11 is 1.56. The number of likely N-dealkylation sites (tertiary alicyclic amines) is 1. The van der Waals surface area contributed by atoms with Crippen LogP contribution in [0.25, 0.3) is 10.2 Å². The normalized spacial score (nSPS) is 18.5. The molecule has 0 aliphatic carbocycles. The molecule has 0 N–H and O–H groups in total. The molecule has 3 heterocycles. The third-order valence-electron chi connectivity index (χ3n) is 6.90. The van der Waals surface area contributed by atoms with E-state index in [0.29, 0.717) is 36.9 Å². The molecule has 0 atom stereocenters. The van der Waals surface area contributed by atoms with Gasteiger partial charge in [0.25, 0.3) is 11.1 Å². The second kappa shape index (κ2) is 10.2. The van der Waals surface area contributed by atoms with Gasteiger partial charge in [-0.15, -0.1) is 0 Å². The number of hydrogen-bond donors (Lipinski definition) is 0. The predicted molar refractivity (Wildman–Crippen MR) is 138 cm³/mol. The smallest absolute Gasteiger partial charge is 0.274 e. The van der Waals surface area contributed by atoms with Gasteiger partial charge in [0.15, 0.2) is 0 Å². The molecule has 0 unspecified atom stereocenters. The van der Waals surface area contributed by atoms with Gasteiger partial charge in [-0.25, -0.2) is 13.4 Å². The summed E-state index contributed by atoms with van der Waals surface area (Å²) in [5.41, 5.74) is 2.64. The van der Waals surface area contributed by atoms with Gasteiger partial charge in [-0.05, 0) is 55.7 Å². The number of piperidine rings is 1. The van der Waals surface area contributed by atoms with Crippen LogP contribution in [0, 0.1) is 6.92 Å². The summed E-state index contributed by atoms with van der Waals surface area (Å²) in [4.78, 5) is 19.8. The number of benzene rings is 2. The lowest BCUT2D eigenvalue weighted by Crippen LogP contribution is -2.41. The van der Waals surface area contributed by atoms with E-state index in [-0.39, 0.29) is 16.9 Å². The first-order valence-corrected chi connectivity index (χ1v) is 14.6. The highest BCUT2D eigenvalue weighted by atomic mass is 32.2. The van der Waals surface area contributed by atoms with Gasteiger partial charge >= 0.3 is 0 Å². The first-order chi connectivity index (χ1) is 16.9. The van der Waals surface area contributed by atoms with Crippen LogP contribution in [0.3, 0.4) is 0 Å². The number of sulfonamides is 1. The van der Waals surface area contributed by atoms with E-state index in [9.17, 15) is 13.2 Å². The van der Waals surface area contributed by atoms with Crippen LogP contribution in [0.1, 0.15) is 54.4 Å². The fourth-order valence-corrected chi connectivity index (χ4v) is 7.29. The van der Waals surface area contributed by atoms with Gasteiger partial charge in [0.1, 0.15) is 6.10 Å². The fourth-order valence-electron chi connectivity index (χ4n) is 4.82. The van der Waals surface area contributed by atoms with Crippen LogP contribution in [0.15, 0.2) is 47.4 Å². The summed E-state index contributed by atoms with van der Waals surface area (Å²) in [7, 11) is -3.52. The molecule has 0 bridgehead atoms. The van der Waals surface area contributed by atoms with Crippen LogP contribution in [0.2, 0.25) is 0 Å². The third-order valence-corrected chi connectivity index (χ3v) is 9.73. The molecule has 35 heavy (non-hydrogen) atoms. The number of rotatable bonds is 5. The average Bonchev–Trinajstić information content (AvgIpc) is 3.08. The molecule has 1 aromatic heterocycles. The minimum atomic E-state index is -3.52. The van der Waals surface area contributed by atoms with E-state index >= 15 is 0 Å². The van der Waals surface area contributed by atoms with E-state index in [2.05, 4.69) is 11.1 Å². The van der Waals surface area contributed by atoms with Gasteiger partial charge < -0.3 is 9.64 Å². The number of fused-ring (bicyclic) bond motifs is 1. The van der Waals surface area contributed by atoms with Crippen LogP contribution in [0.4, 0.5) is 0 Å². The maximum atomic E-state index is 13.0. The minimum Gasteiger partial charge on any atom is -0.467 e. The summed E-state index contributed by atoms with van der Waals surface area (Å²) in [5, 5.41) is 0.681. The Morgan fingerprint density at radius 2 is 1.66 bits per heavy atom. The molecule has 186 valence electrons. The largest absolute Gasteiger partial charge is 0.467 e. The number of ether oxygens (including phenoxy) is 1. The van der Waals surface area contributed by atoms with Crippen molar-refractivity contribution in [2.24, 2.45) is 0 Å². The molecule has 2 aliphatic rings. The standard InChI is InChI=1S/C26H31N3O4S2/c1-19-7-6-8-23-24(19)27-26(34-23)33-21-13-17-28(18-14-21)25(30)20-9-11-22(12-10-20)35(31,32)29-15-4-2-3-5-16-29/h6-12,21H,2-5,13-18H2,1H3. The van der Waals surface area contributed by atoms with Crippen molar-refractivity contribution < 1.29 is 17.9 Å². The van der Waals surface area contributed by atoms with Crippen molar-refractivity contribution in [2.45, 2.75) is 56.4 Å². The van der Waals surface area contributed by atoms with Crippen LogP contribution in [0.5, 0.6) is 5.19 Å². The molecule has 0 radical (unpaired) electrons. The number of aromatic nitrogens is 1. The first-order valence-electron chi connectivity index (χ1n) is 12.3. The van der Waals surface area contributed by atoms with Gasteiger partial charge in [0, 0.05) is 44.6 Å². The van der Waals surface area contributed by atoms with Crippen molar-refractivity contribution in [3.8, 4) is 5.19 Å². The maximum absolute atomic E-state index is 13.0. The van der Waals surface area contributed by atoms with E-state index < -0.39 is 10.0 Å². The lowest BCUT2D eigenvalue weighted by atomic mass is 10.1. The van der Waals surface area contributed by atoms with Crippen molar-refractivity contribution in [1.82, 2.24) is 14.2 Å². The predicted octanol–water partition coefficient (Wildman–Crippen LogP) is 4.85. The zero-order valence-corrected chi connectivity index (χ0v) is 21.6. The molecule has 2 saturated heterocycles. The van der Waals surface area contributed by atoms with Gasteiger partial charge in [0.2, 0.25) is 10.0 Å². The number of aryl methyl sites for hydroxylation is 1. The molecule has 0 saturated carbocycles. The number of carbonyl (C=O) groups excluding carboxylic acids is 1. The zero-order chi connectivity index (χ0) is 24.4. The molecular formula is C26H31N3O4S2.